The molecule has 1 N–H and O–H groups in total. The van der Waals surface area contributed by atoms with Crippen LogP contribution >= 0.6 is 11.3 Å². The van der Waals surface area contributed by atoms with Gasteiger partial charge in [-0.1, -0.05) is 0 Å². The van der Waals surface area contributed by atoms with Crippen LogP contribution in [0.4, 0.5) is 0 Å². The van der Waals surface area contributed by atoms with E-state index in [4.69, 9.17) is 0 Å². The Morgan fingerprint density at radius 3 is 2.52 bits per heavy atom. The van der Waals surface area contributed by atoms with Crippen molar-refractivity contribution in [2.24, 2.45) is 28.3 Å². The number of hydrogen-bond donors (Lipinski definition) is 1. The summed E-state index contributed by atoms with van der Waals surface area (Å²) in [7, 11) is 0. The summed E-state index contributed by atoms with van der Waals surface area (Å²) < 4.78 is 0. The highest BCUT2D eigenvalue weighted by Gasteiger charge is 2.51. The first-order valence-corrected chi connectivity index (χ1v) is 8.99. The van der Waals surface area contributed by atoms with Crippen LogP contribution in [0.15, 0.2) is 21.9 Å². The first-order valence-electron chi connectivity index (χ1n) is 8.05. The highest BCUT2D eigenvalue weighted by atomic mass is 32.1. The molecule has 4 heteroatoms. The fraction of sp³-hybridized carbons (Fsp3) is 0.647. The van der Waals surface area contributed by atoms with Gasteiger partial charge in [-0.3, -0.25) is 4.79 Å². The second-order valence-electron chi connectivity index (χ2n) is 7.44. The molecule has 4 aliphatic carbocycles. The van der Waals surface area contributed by atoms with Crippen LogP contribution in [0.2, 0.25) is 0 Å². The van der Waals surface area contributed by atoms with Crippen LogP contribution in [0.3, 0.4) is 0 Å². The number of thiophene rings is 1. The minimum absolute atomic E-state index is 0.100. The average Bonchev–Trinajstić information content (AvgIpc) is 2.89. The van der Waals surface area contributed by atoms with Crippen LogP contribution in [0.1, 0.15) is 50.5 Å². The third-order valence-electron chi connectivity index (χ3n) is 5.65. The van der Waals surface area contributed by atoms with E-state index in [0.717, 1.165) is 23.3 Å². The summed E-state index contributed by atoms with van der Waals surface area (Å²) in [4.78, 5) is 12.2. The van der Waals surface area contributed by atoms with Crippen molar-refractivity contribution in [3.05, 3.63) is 22.4 Å². The Hall–Kier alpha value is -1.16. The quantitative estimate of drug-likeness (QED) is 0.667. The molecule has 21 heavy (non-hydrogen) atoms. The summed E-state index contributed by atoms with van der Waals surface area (Å²) in [6.07, 6.45) is 10.5. The lowest BCUT2D eigenvalue weighted by molar-refractivity contribution is -0.129. The number of nitrogens with zero attached hydrogens (tertiary/aromatic N) is 1. The molecule has 4 fully saturated rings. The first kappa shape index (κ1) is 13.5. The molecule has 3 nitrogen and oxygen atoms in total. The highest BCUT2D eigenvalue weighted by Crippen LogP contribution is 2.61. The maximum atomic E-state index is 12.2. The lowest BCUT2D eigenvalue weighted by Gasteiger charge is -2.56. The zero-order valence-corrected chi connectivity index (χ0v) is 13.1. The second-order valence-corrected chi connectivity index (χ2v) is 8.22. The molecule has 0 radical (unpaired) electrons. The van der Waals surface area contributed by atoms with Crippen molar-refractivity contribution >= 4 is 23.5 Å². The van der Waals surface area contributed by atoms with Gasteiger partial charge in [-0.05, 0) is 78.5 Å². The van der Waals surface area contributed by atoms with Crippen molar-refractivity contribution in [2.75, 3.05) is 0 Å². The van der Waals surface area contributed by atoms with Crippen LogP contribution in [-0.2, 0) is 4.79 Å². The van der Waals surface area contributed by atoms with Gasteiger partial charge in [-0.15, -0.1) is 0 Å². The van der Waals surface area contributed by atoms with Crippen LogP contribution in [-0.4, -0.2) is 12.1 Å². The summed E-state index contributed by atoms with van der Waals surface area (Å²) in [6.45, 7) is 0. The number of hydrazone groups is 1. The minimum atomic E-state index is 0.100. The van der Waals surface area contributed by atoms with E-state index in [1.165, 1.54) is 38.5 Å². The number of rotatable bonds is 4. The van der Waals surface area contributed by atoms with Gasteiger partial charge in [-0.2, -0.15) is 16.4 Å². The van der Waals surface area contributed by atoms with Crippen molar-refractivity contribution < 1.29 is 4.79 Å². The molecule has 4 aliphatic rings. The topological polar surface area (TPSA) is 41.5 Å². The molecule has 4 bridgehead atoms. The predicted molar refractivity (Wildman–Crippen MR) is 85.3 cm³/mol. The highest BCUT2D eigenvalue weighted by molar-refractivity contribution is 7.08. The van der Waals surface area contributed by atoms with Crippen molar-refractivity contribution in [1.82, 2.24) is 5.43 Å². The summed E-state index contributed by atoms with van der Waals surface area (Å²) in [5.74, 6) is 2.80. The van der Waals surface area contributed by atoms with E-state index < -0.39 is 0 Å². The fourth-order valence-electron chi connectivity index (χ4n) is 5.41. The molecule has 1 aromatic rings. The Labute approximate surface area is 129 Å². The molecule has 0 aliphatic heterocycles. The molecule has 0 atom stereocenters. The van der Waals surface area contributed by atoms with Crippen LogP contribution < -0.4 is 5.43 Å². The molecule has 4 saturated carbocycles. The molecular weight excluding hydrogens is 280 g/mol. The van der Waals surface area contributed by atoms with Crippen molar-refractivity contribution in [3.8, 4) is 0 Å². The Balaban J connectivity index is 1.36. The minimum Gasteiger partial charge on any atom is -0.273 e. The molecule has 5 rings (SSSR count). The Morgan fingerprint density at radius 2 is 1.95 bits per heavy atom. The van der Waals surface area contributed by atoms with E-state index in [-0.39, 0.29) is 5.91 Å². The molecule has 112 valence electrons. The van der Waals surface area contributed by atoms with E-state index in [1.54, 1.807) is 17.6 Å². The normalized spacial score (nSPS) is 37.2. The maximum Gasteiger partial charge on any atom is 0.240 e. The summed E-state index contributed by atoms with van der Waals surface area (Å²) in [5, 5.41) is 8.13. The van der Waals surface area contributed by atoms with Gasteiger partial charge in [0.05, 0.1) is 6.21 Å². The zero-order chi connectivity index (χ0) is 14.3. The molecular formula is C17H22N2OS. The predicted octanol–water partition coefficient (Wildman–Crippen LogP) is 3.80. The first-order chi connectivity index (χ1) is 10.2. The van der Waals surface area contributed by atoms with E-state index in [0.29, 0.717) is 11.8 Å². The number of carbonyl (C=O) groups excluding carboxylic acids is 1. The molecule has 0 saturated heterocycles. The summed E-state index contributed by atoms with van der Waals surface area (Å²) in [5.41, 5.74) is 4.08. The van der Waals surface area contributed by atoms with Gasteiger partial charge in [-0.25, -0.2) is 5.43 Å². The Bertz CT molecular complexity index is 514. The maximum absolute atomic E-state index is 12.2. The lowest BCUT2D eigenvalue weighted by atomic mass is 9.49. The zero-order valence-electron chi connectivity index (χ0n) is 12.3. The van der Waals surface area contributed by atoms with Crippen molar-refractivity contribution in [1.29, 1.82) is 0 Å². The van der Waals surface area contributed by atoms with E-state index in [9.17, 15) is 4.79 Å². The molecule has 0 spiro atoms. The molecule has 1 heterocycles. The molecule has 1 aromatic heterocycles. The van der Waals surface area contributed by atoms with Crippen LogP contribution in [0, 0.1) is 23.2 Å². The number of carbonyl (C=O) groups is 1. The summed E-state index contributed by atoms with van der Waals surface area (Å²) >= 11 is 1.64. The average molecular weight is 302 g/mol. The molecule has 0 unspecified atom stereocenters. The smallest absolute Gasteiger partial charge is 0.240 e. The number of hydrogen-bond acceptors (Lipinski definition) is 3. The van der Waals surface area contributed by atoms with Crippen LogP contribution in [0.25, 0.3) is 0 Å². The molecule has 0 aromatic carbocycles. The van der Waals surface area contributed by atoms with E-state index >= 15 is 0 Å². The number of amides is 1. The monoisotopic (exact) mass is 302 g/mol. The standard InChI is InChI=1S/C17H22N2OS/c20-16(19-18-10-12-1-2-21-11-12)9-17-6-13-3-14(7-17)5-15(4-13)8-17/h1-2,10-11,13-15H,3-9H2,(H,19,20)/b18-10+. The second kappa shape index (κ2) is 5.24. The van der Waals surface area contributed by atoms with Crippen molar-refractivity contribution in [2.45, 2.75) is 44.9 Å². The largest absolute Gasteiger partial charge is 0.273 e. The van der Waals surface area contributed by atoms with Gasteiger partial charge >= 0.3 is 0 Å². The fourth-order valence-corrected chi connectivity index (χ4v) is 6.02. The Morgan fingerprint density at radius 1 is 1.29 bits per heavy atom. The molecule has 1 amide bonds. The van der Waals surface area contributed by atoms with Gasteiger partial charge in [0.25, 0.3) is 0 Å². The Kier molecular flexibility index (Phi) is 3.37. The number of nitrogens with one attached hydrogen (secondary N) is 1. The van der Waals surface area contributed by atoms with Crippen molar-refractivity contribution in [3.63, 3.8) is 0 Å². The van der Waals surface area contributed by atoms with Gasteiger partial charge in [0.2, 0.25) is 5.91 Å². The van der Waals surface area contributed by atoms with E-state index in [1.807, 2.05) is 16.8 Å². The third-order valence-corrected chi connectivity index (χ3v) is 6.35. The van der Waals surface area contributed by atoms with Gasteiger partial charge < -0.3 is 0 Å². The van der Waals surface area contributed by atoms with E-state index in [2.05, 4.69) is 10.5 Å². The van der Waals surface area contributed by atoms with Crippen LogP contribution in [0.5, 0.6) is 0 Å². The van der Waals surface area contributed by atoms with Gasteiger partial charge in [0.15, 0.2) is 0 Å². The van der Waals surface area contributed by atoms with Gasteiger partial charge in [0.1, 0.15) is 0 Å². The lowest BCUT2D eigenvalue weighted by Crippen LogP contribution is -2.47. The third kappa shape index (κ3) is 2.78. The van der Waals surface area contributed by atoms with Gasteiger partial charge in [0, 0.05) is 12.0 Å². The SMILES string of the molecule is O=C(CC12CC3CC(CC(C3)C1)C2)N/N=C/c1ccsc1. The summed E-state index contributed by atoms with van der Waals surface area (Å²) in [6, 6.07) is 2.00.